The average Bonchev–Trinajstić information content (AvgIpc) is 2.31. The zero-order valence-electron chi connectivity index (χ0n) is 7.93. The predicted molar refractivity (Wildman–Crippen MR) is 47.9 cm³/mol. The van der Waals surface area contributed by atoms with E-state index < -0.39 is 6.16 Å². The fourth-order valence-corrected chi connectivity index (χ4v) is 0.656. The number of hydrogen-bond acceptors (Lipinski definition) is 2. The van der Waals surface area contributed by atoms with Crippen molar-refractivity contribution >= 4 is 6.16 Å². The average molecular weight is 186 g/mol. The SMILES string of the molecule is CC(C)(C)n1ccnc1.O=C(O)O. The van der Waals surface area contributed by atoms with Crippen LogP contribution in [0.3, 0.4) is 0 Å². The van der Waals surface area contributed by atoms with E-state index in [1.54, 1.807) is 6.20 Å². The lowest BCUT2D eigenvalue weighted by Crippen LogP contribution is -2.19. The summed E-state index contributed by atoms with van der Waals surface area (Å²) in [6.07, 6.45) is 3.77. The molecule has 0 fully saturated rings. The van der Waals surface area contributed by atoms with Crippen LogP contribution in [0.15, 0.2) is 18.7 Å². The summed E-state index contributed by atoms with van der Waals surface area (Å²) in [6, 6.07) is 0. The van der Waals surface area contributed by atoms with E-state index in [9.17, 15) is 0 Å². The summed E-state index contributed by atoms with van der Waals surface area (Å²) in [5.74, 6) is 0. The van der Waals surface area contributed by atoms with Crippen LogP contribution >= 0.6 is 0 Å². The number of hydrogen-bond donors (Lipinski definition) is 2. The molecular formula is C8H14N2O3. The molecule has 0 unspecified atom stereocenters. The Morgan fingerprint density at radius 3 is 2.00 bits per heavy atom. The molecule has 0 aliphatic heterocycles. The lowest BCUT2D eigenvalue weighted by Gasteiger charge is -2.19. The Morgan fingerprint density at radius 2 is 1.85 bits per heavy atom. The van der Waals surface area contributed by atoms with Gasteiger partial charge in [0.2, 0.25) is 0 Å². The molecule has 0 saturated carbocycles. The number of carbonyl (C=O) groups is 1. The van der Waals surface area contributed by atoms with Gasteiger partial charge < -0.3 is 14.8 Å². The fourth-order valence-electron chi connectivity index (χ4n) is 0.656. The van der Waals surface area contributed by atoms with Crippen molar-refractivity contribution in [1.82, 2.24) is 9.55 Å². The highest BCUT2D eigenvalue weighted by Gasteiger charge is 2.09. The fraction of sp³-hybridized carbons (Fsp3) is 0.500. The van der Waals surface area contributed by atoms with Crippen LogP contribution in [0.2, 0.25) is 0 Å². The third kappa shape index (κ3) is 5.72. The van der Waals surface area contributed by atoms with E-state index >= 15 is 0 Å². The number of rotatable bonds is 0. The Hall–Kier alpha value is -1.52. The van der Waals surface area contributed by atoms with Crippen molar-refractivity contribution in [2.45, 2.75) is 26.3 Å². The first kappa shape index (κ1) is 11.5. The van der Waals surface area contributed by atoms with Crippen molar-refractivity contribution in [1.29, 1.82) is 0 Å². The minimum absolute atomic E-state index is 0.177. The van der Waals surface area contributed by atoms with Crippen LogP contribution in [-0.2, 0) is 5.54 Å². The van der Waals surface area contributed by atoms with Gasteiger partial charge in [-0.25, -0.2) is 9.78 Å². The lowest BCUT2D eigenvalue weighted by atomic mass is 10.1. The topological polar surface area (TPSA) is 75.4 Å². The van der Waals surface area contributed by atoms with E-state index in [-0.39, 0.29) is 5.54 Å². The molecule has 74 valence electrons. The summed E-state index contributed by atoms with van der Waals surface area (Å²) < 4.78 is 2.08. The summed E-state index contributed by atoms with van der Waals surface area (Å²) in [4.78, 5) is 12.5. The Kier molecular flexibility index (Phi) is 3.97. The van der Waals surface area contributed by atoms with Gasteiger partial charge >= 0.3 is 6.16 Å². The first-order valence-corrected chi connectivity index (χ1v) is 3.74. The van der Waals surface area contributed by atoms with E-state index in [4.69, 9.17) is 15.0 Å². The number of imidazole rings is 1. The van der Waals surface area contributed by atoms with E-state index in [1.807, 2.05) is 12.5 Å². The van der Waals surface area contributed by atoms with Crippen molar-refractivity contribution in [2.75, 3.05) is 0 Å². The molecule has 0 bridgehead atoms. The summed E-state index contributed by atoms with van der Waals surface area (Å²) in [7, 11) is 0. The van der Waals surface area contributed by atoms with Crippen LogP contribution in [0.5, 0.6) is 0 Å². The molecule has 0 radical (unpaired) electrons. The van der Waals surface area contributed by atoms with Crippen LogP contribution in [0.1, 0.15) is 20.8 Å². The van der Waals surface area contributed by atoms with Gasteiger partial charge in [-0.3, -0.25) is 0 Å². The Morgan fingerprint density at radius 1 is 1.38 bits per heavy atom. The molecule has 0 aliphatic rings. The molecule has 2 N–H and O–H groups in total. The molecular weight excluding hydrogens is 172 g/mol. The maximum absolute atomic E-state index is 8.56. The lowest BCUT2D eigenvalue weighted by molar-refractivity contribution is 0.137. The Labute approximate surface area is 76.7 Å². The third-order valence-corrected chi connectivity index (χ3v) is 1.28. The normalized spacial score (nSPS) is 10.1. The minimum Gasteiger partial charge on any atom is -0.450 e. The maximum Gasteiger partial charge on any atom is 0.503 e. The molecule has 1 rings (SSSR count). The quantitative estimate of drug-likeness (QED) is 0.648. The van der Waals surface area contributed by atoms with E-state index in [2.05, 4.69) is 30.3 Å². The van der Waals surface area contributed by atoms with E-state index in [0.717, 1.165) is 0 Å². The molecule has 1 aromatic heterocycles. The summed E-state index contributed by atoms with van der Waals surface area (Å²) >= 11 is 0. The van der Waals surface area contributed by atoms with Gasteiger partial charge in [-0.05, 0) is 20.8 Å². The van der Waals surface area contributed by atoms with Gasteiger partial charge in [0.1, 0.15) is 0 Å². The summed E-state index contributed by atoms with van der Waals surface area (Å²) in [5, 5.41) is 13.9. The standard InChI is InChI=1S/C7H12N2.CH2O3/c1-7(2,3)9-5-4-8-6-9;2-1(3)4/h4-6H,1-3H3;(H2,2,3,4). The third-order valence-electron chi connectivity index (χ3n) is 1.28. The second-order valence-electron chi connectivity index (χ2n) is 3.42. The van der Waals surface area contributed by atoms with Gasteiger partial charge in [-0.15, -0.1) is 0 Å². The van der Waals surface area contributed by atoms with E-state index in [1.165, 1.54) is 0 Å². The van der Waals surface area contributed by atoms with Crippen LogP contribution in [0, 0.1) is 0 Å². The number of carboxylic acid groups (broad SMARTS) is 2. The molecule has 13 heavy (non-hydrogen) atoms. The second kappa shape index (κ2) is 4.49. The largest absolute Gasteiger partial charge is 0.503 e. The van der Waals surface area contributed by atoms with Crippen molar-refractivity contribution in [3.05, 3.63) is 18.7 Å². The van der Waals surface area contributed by atoms with Crippen molar-refractivity contribution in [3.63, 3.8) is 0 Å². The van der Waals surface area contributed by atoms with Gasteiger partial charge in [0, 0.05) is 17.9 Å². The smallest absolute Gasteiger partial charge is 0.450 e. The summed E-state index contributed by atoms with van der Waals surface area (Å²) in [5.41, 5.74) is 0.177. The molecule has 0 aliphatic carbocycles. The molecule has 0 saturated heterocycles. The van der Waals surface area contributed by atoms with Crippen molar-refractivity contribution < 1.29 is 15.0 Å². The van der Waals surface area contributed by atoms with Gasteiger partial charge in [0.15, 0.2) is 0 Å². The maximum atomic E-state index is 8.56. The first-order chi connectivity index (χ1) is 5.84. The van der Waals surface area contributed by atoms with Gasteiger partial charge in [-0.2, -0.15) is 0 Å². The van der Waals surface area contributed by atoms with Gasteiger partial charge in [-0.1, -0.05) is 0 Å². The van der Waals surface area contributed by atoms with Gasteiger partial charge in [0.05, 0.1) is 6.33 Å². The molecule has 0 amide bonds. The highest BCUT2D eigenvalue weighted by atomic mass is 16.6. The zero-order chi connectivity index (χ0) is 10.5. The minimum atomic E-state index is -1.83. The molecule has 1 aromatic rings. The van der Waals surface area contributed by atoms with Gasteiger partial charge in [0.25, 0.3) is 0 Å². The monoisotopic (exact) mass is 186 g/mol. The van der Waals surface area contributed by atoms with E-state index in [0.29, 0.717) is 0 Å². The zero-order valence-corrected chi connectivity index (χ0v) is 7.93. The van der Waals surface area contributed by atoms with Crippen LogP contribution in [-0.4, -0.2) is 25.9 Å². The molecule has 0 aromatic carbocycles. The highest BCUT2D eigenvalue weighted by molar-refractivity contribution is 5.53. The summed E-state index contributed by atoms with van der Waals surface area (Å²) in [6.45, 7) is 6.44. The number of nitrogens with zero attached hydrogens (tertiary/aromatic N) is 2. The molecule has 0 spiro atoms. The van der Waals surface area contributed by atoms with Crippen LogP contribution in [0.4, 0.5) is 4.79 Å². The molecule has 5 nitrogen and oxygen atoms in total. The van der Waals surface area contributed by atoms with Crippen molar-refractivity contribution in [3.8, 4) is 0 Å². The molecule has 0 atom stereocenters. The second-order valence-corrected chi connectivity index (χ2v) is 3.42. The van der Waals surface area contributed by atoms with Crippen LogP contribution < -0.4 is 0 Å². The predicted octanol–water partition coefficient (Wildman–Crippen LogP) is 1.86. The molecule has 1 heterocycles. The highest BCUT2D eigenvalue weighted by Crippen LogP contribution is 2.11. The van der Waals surface area contributed by atoms with Crippen LogP contribution in [0.25, 0.3) is 0 Å². The first-order valence-electron chi connectivity index (χ1n) is 3.74. The molecule has 5 heteroatoms. The van der Waals surface area contributed by atoms with Crippen molar-refractivity contribution in [2.24, 2.45) is 0 Å². The Bertz CT molecular complexity index is 245. The Balaban J connectivity index is 0.000000310. The number of aromatic nitrogens is 2.